The van der Waals surface area contributed by atoms with E-state index in [2.05, 4.69) is 11.0 Å². The zero-order valence-corrected chi connectivity index (χ0v) is 14.8. The fraction of sp³-hybridized carbons (Fsp3) is 0.400. The van der Waals surface area contributed by atoms with E-state index >= 15 is 0 Å². The van der Waals surface area contributed by atoms with Crippen molar-refractivity contribution in [2.45, 2.75) is 12.8 Å². The predicted molar refractivity (Wildman–Crippen MR) is 98.2 cm³/mol. The van der Waals surface area contributed by atoms with E-state index in [1.165, 1.54) is 11.8 Å². The zero-order chi connectivity index (χ0) is 17.9. The third kappa shape index (κ3) is 3.37. The van der Waals surface area contributed by atoms with Gasteiger partial charge in [-0.3, -0.25) is 14.5 Å². The third-order valence-electron chi connectivity index (χ3n) is 5.16. The summed E-state index contributed by atoms with van der Waals surface area (Å²) in [6, 6.07) is 11.6. The maximum absolute atomic E-state index is 12.8. The lowest BCUT2D eigenvalue weighted by Gasteiger charge is -2.36. The number of aryl methyl sites for hydroxylation is 1. The number of piperazine rings is 1. The zero-order valence-electron chi connectivity index (χ0n) is 14.8. The Morgan fingerprint density at radius 3 is 2.54 bits per heavy atom. The molecule has 6 heteroatoms. The van der Waals surface area contributed by atoms with Gasteiger partial charge in [-0.2, -0.15) is 0 Å². The Morgan fingerprint density at radius 2 is 1.77 bits per heavy atom. The minimum atomic E-state index is -0.0778. The summed E-state index contributed by atoms with van der Waals surface area (Å²) >= 11 is 0. The average Bonchev–Trinajstić information content (AvgIpc) is 3.22. The molecule has 1 aromatic heterocycles. The van der Waals surface area contributed by atoms with Crippen LogP contribution in [0.15, 0.2) is 47.1 Å². The maximum Gasteiger partial charge on any atom is 0.289 e. The van der Waals surface area contributed by atoms with E-state index in [1.54, 1.807) is 17.0 Å². The standard InChI is InChI=1S/C20H23N3O3/c24-19(23-9-3-6-16-5-1-2-7-17(16)23)15-21-10-12-22(13-11-21)20(25)18-8-4-14-26-18/h1-2,4-5,7-8,14H,3,6,9-13,15H2. The first-order valence-corrected chi connectivity index (χ1v) is 9.16. The second-order valence-corrected chi connectivity index (χ2v) is 6.82. The minimum absolute atomic E-state index is 0.0778. The summed E-state index contributed by atoms with van der Waals surface area (Å²) in [6.45, 7) is 3.82. The molecule has 6 nitrogen and oxygen atoms in total. The first kappa shape index (κ1) is 16.8. The highest BCUT2D eigenvalue weighted by molar-refractivity contribution is 5.96. The van der Waals surface area contributed by atoms with Crippen LogP contribution in [-0.4, -0.2) is 60.9 Å². The van der Waals surface area contributed by atoms with Gasteiger partial charge < -0.3 is 14.2 Å². The number of amides is 2. The van der Waals surface area contributed by atoms with Crippen LogP contribution in [0.2, 0.25) is 0 Å². The van der Waals surface area contributed by atoms with E-state index in [0.717, 1.165) is 25.1 Å². The largest absolute Gasteiger partial charge is 0.459 e. The summed E-state index contributed by atoms with van der Waals surface area (Å²) in [5.41, 5.74) is 2.30. The van der Waals surface area contributed by atoms with Gasteiger partial charge in [0.25, 0.3) is 5.91 Å². The van der Waals surface area contributed by atoms with Crippen LogP contribution in [-0.2, 0) is 11.2 Å². The molecule has 0 aliphatic carbocycles. The van der Waals surface area contributed by atoms with Gasteiger partial charge in [0.1, 0.15) is 0 Å². The Morgan fingerprint density at radius 1 is 0.962 bits per heavy atom. The SMILES string of the molecule is O=C(c1ccco1)N1CCN(CC(=O)N2CCCc3ccccc32)CC1. The first-order valence-electron chi connectivity index (χ1n) is 9.16. The fourth-order valence-corrected chi connectivity index (χ4v) is 3.73. The van der Waals surface area contributed by atoms with Gasteiger partial charge >= 0.3 is 0 Å². The van der Waals surface area contributed by atoms with Crippen molar-refractivity contribution < 1.29 is 14.0 Å². The molecule has 0 N–H and O–H groups in total. The Bertz CT molecular complexity index is 779. The lowest BCUT2D eigenvalue weighted by molar-refractivity contribution is -0.120. The molecule has 4 rings (SSSR count). The number of anilines is 1. The van der Waals surface area contributed by atoms with Gasteiger partial charge in [0.15, 0.2) is 5.76 Å². The lowest BCUT2D eigenvalue weighted by atomic mass is 10.0. The lowest BCUT2D eigenvalue weighted by Crippen LogP contribution is -2.52. The molecule has 0 saturated carbocycles. The molecule has 0 atom stereocenters. The van der Waals surface area contributed by atoms with Gasteiger partial charge in [-0.05, 0) is 36.6 Å². The van der Waals surface area contributed by atoms with Crippen molar-refractivity contribution in [2.24, 2.45) is 0 Å². The summed E-state index contributed by atoms with van der Waals surface area (Å²) in [6.07, 6.45) is 3.56. The van der Waals surface area contributed by atoms with Crippen molar-refractivity contribution in [2.75, 3.05) is 44.2 Å². The van der Waals surface area contributed by atoms with E-state index in [1.807, 2.05) is 23.1 Å². The molecule has 2 amide bonds. The molecular formula is C20H23N3O3. The first-order chi connectivity index (χ1) is 12.7. The Hall–Kier alpha value is -2.60. The number of hydrogen-bond acceptors (Lipinski definition) is 4. The highest BCUT2D eigenvalue weighted by Gasteiger charge is 2.27. The summed E-state index contributed by atoms with van der Waals surface area (Å²) in [5.74, 6) is 0.438. The number of nitrogens with zero attached hydrogens (tertiary/aromatic N) is 3. The number of carbonyl (C=O) groups excluding carboxylic acids is 2. The topological polar surface area (TPSA) is 57.0 Å². The van der Waals surface area contributed by atoms with Crippen LogP contribution in [0.25, 0.3) is 0 Å². The molecule has 2 aliphatic rings. The van der Waals surface area contributed by atoms with Crippen LogP contribution in [0.1, 0.15) is 22.5 Å². The van der Waals surface area contributed by atoms with Gasteiger partial charge in [0.2, 0.25) is 5.91 Å². The molecule has 26 heavy (non-hydrogen) atoms. The van der Waals surface area contributed by atoms with Gasteiger partial charge in [0, 0.05) is 38.4 Å². The van der Waals surface area contributed by atoms with Crippen molar-refractivity contribution in [3.8, 4) is 0 Å². The fourth-order valence-electron chi connectivity index (χ4n) is 3.73. The monoisotopic (exact) mass is 353 g/mol. The van der Waals surface area contributed by atoms with E-state index in [0.29, 0.717) is 38.5 Å². The number of furan rings is 1. The second kappa shape index (κ2) is 7.33. The molecule has 1 saturated heterocycles. The van der Waals surface area contributed by atoms with Gasteiger partial charge in [0.05, 0.1) is 12.8 Å². The third-order valence-corrected chi connectivity index (χ3v) is 5.16. The van der Waals surface area contributed by atoms with Crippen LogP contribution in [0.5, 0.6) is 0 Å². The number of hydrogen-bond donors (Lipinski definition) is 0. The summed E-state index contributed by atoms with van der Waals surface area (Å²) in [4.78, 5) is 31.0. The molecule has 0 spiro atoms. The van der Waals surface area contributed by atoms with Crippen LogP contribution in [0, 0.1) is 0 Å². The molecule has 0 unspecified atom stereocenters. The van der Waals surface area contributed by atoms with Crippen molar-refractivity contribution in [1.82, 2.24) is 9.80 Å². The van der Waals surface area contributed by atoms with Crippen molar-refractivity contribution in [3.05, 3.63) is 54.0 Å². The number of fused-ring (bicyclic) bond motifs is 1. The number of carbonyl (C=O) groups is 2. The number of benzene rings is 1. The van der Waals surface area contributed by atoms with Gasteiger partial charge in [-0.15, -0.1) is 0 Å². The van der Waals surface area contributed by atoms with Crippen molar-refractivity contribution in [3.63, 3.8) is 0 Å². The van der Waals surface area contributed by atoms with Crippen molar-refractivity contribution in [1.29, 1.82) is 0 Å². The molecular weight excluding hydrogens is 330 g/mol. The highest BCUT2D eigenvalue weighted by atomic mass is 16.3. The Balaban J connectivity index is 1.34. The summed E-state index contributed by atoms with van der Waals surface area (Å²) in [7, 11) is 0. The van der Waals surface area contributed by atoms with E-state index in [-0.39, 0.29) is 11.8 Å². The normalized spacial score (nSPS) is 17.8. The molecule has 0 radical (unpaired) electrons. The average molecular weight is 353 g/mol. The van der Waals surface area contributed by atoms with Crippen LogP contribution >= 0.6 is 0 Å². The smallest absolute Gasteiger partial charge is 0.289 e. The van der Waals surface area contributed by atoms with E-state index < -0.39 is 0 Å². The minimum Gasteiger partial charge on any atom is -0.459 e. The molecule has 1 fully saturated rings. The molecule has 2 aliphatic heterocycles. The van der Waals surface area contributed by atoms with Crippen molar-refractivity contribution >= 4 is 17.5 Å². The molecule has 2 aromatic rings. The molecule has 1 aromatic carbocycles. The summed E-state index contributed by atoms with van der Waals surface area (Å²) in [5, 5.41) is 0. The van der Waals surface area contributed by atoms with Crippen LogP contribution in [0.4, 0.5) is 5.69 Å². The molecule has 0 bridgehead atoms. The number of para-hydroxylation sites is 1. The quantitative estimate of drug-likeness (QED) is 0.847. The molecule has 136 valence electrons. The summed E-state index contributed by atoms with van der Waals surface area (Å²) < 4.78 is 5.19. The Labute approximate surface area is 153 Å². The van der Waals surface area contributed by atoms with E-state index in [9.17, 15) is 9.59 Å². The maximum atomic E-state index is 12.8. The van der Waals surface area contributed by atoms with Crippen LogP contribution < -0.4 is 4.90 Å². The highest BCUT2D eigenvalue weighted by Crippen LogP contribution is 2.26. The van der Waals surface area contributed by atoms with Crippen LogP contribution in [0.3, 0.4) is 0 Å². The van der Waals surface area contributed by atoms with Gasteiger partial charge in [-0.1, -0.05) is 18.2 Å². The molecule has 3 heterocycles. The predicted octanol–water partition coefficient (Wildman–Crippen LogP) is 2.02. The number of rotatable bonds is 3. The second-order valence-electron chi connectivity index (χ2n) is 6.82. The van der Waals surface area contributed by atoms with E-state index in [4.69, 9.17) is 4.42 Å². The Kier molecular flexibility index (Phi) is 4.75. The van der Waals surface area contributed by atoms with Gasteiger partial charge in [-0.25, -0.2) is 0 Å².